The van der Waals surface area contributed by atoms with Crippen molar-refractivity contribution in [2.24, 2.45) is 5.92 Å². The number of anilines is 1. The summed E-state index contributed by atoms with van der Waals surface area (Å²) >= 11 is 0. The molecule has 0 spiro atoms. The van der Waals surface area contributed by atoms with Gasteiger partial charge in [0.15, 0.2) is 5.65 Å². The normalized spacial score (nSPS) is 19.1. The van der Waals surface area contributed by atoms with Crippen molar-refractivity contribution >= 4 is 11.5 Å². The van der Waals surface area contributed by atoms with E-state index >= 15 is 0 Å². The van der Waals surface area contributed by atoms with Crippen molar-refractivity contribution in [1.29, 1.82) is 0 Å². The van der Waals surface area contributed by atoms with Crippen LogP contribution in [0.1, 0.15) is 18.7 Å². The number of aromatic nitrogens is 4. The van der Waals surface area contributed by atoms with E-state index < -0.39 is 0 Å². The monoisotopic (exact) mass is 262 g/mol. The van der Waals surface area contributed by atoms with Crippen LogP contribution in [0.4, 0.5) is 5.82 Å². The second kappa shape index (κ2) is 5.00. The lowest BCUT2D eigenvalue weighted by molar-refractivity contribution is 0.549. The Morgan fingerprint density at radius 3 is 3.26 bits per heavy atom. The van der Waals surface area contributed by atoms with Crippen molar-refractivity contribution in [3.8, 4) is 0 Å². The Morgan fingerprint density at radius 1 is 1.58 bits per heavy atom. The number of rotatable bonds is 4. The zero-order valence-electron chi connectivity index (χ0n) is 10.9. The topological polar surface area (TPSA) is 87.1 Å². The first kappa shape index (κ1) is 12.2. The number of aromatic amines is 1. The molecule has 1 saturated heterocycles. The number of aryl methyl sites for hydroxylation is 1. The maximum absolute atomic E-state index is 11.5. The molecule has 1 aliphatic rings. The molecule has 0 aromatic carbocycles. The summed E-state index contributed by atoms with van der Waals surface area (Å²) in [5.41, 5.74) is 0.353. The molecular formula is C12H18N6O. The molecule has 7 heteroatoms. The summed E-state index contributed by atoms with van der Waals surface area (Å²) in [7, 11) is 0. The van der Waals surface area contributed by atoms with E-state index in [2.05, 4.69) is 25.8 Å². The van der Waals surface area contributed by atoms with Gasteiger partial charge in [-0.2, -0.15) is 5.10 Å². The Morgan fingerprint density at radius 2 is 2.47 bits per heavy atom. The maximum atomic E-state index is 11.5. The summed E-state index contributed by atoms with van der Waals surface area (Å²) in [6, 6.07) is 1.79. The second-order valence-electron chi connectivity index (χ2n) is 4.99. The molecule has 3 N–H and O–H groups in total. The standard InChI is InChI=1S/C12H18N6O/c1-8-15-10(6-11-16-17-12(19)18(8)11)14-5-3-9-2-4-13-7-9/h6,9,13-14H,2-5,7H2,1H3,(H,17,19). The van der Waals surface area contributed by atoms with Crippen LogP contribution < -0.4 is 16.3 Å². The molecule has 2 aromatic rings. The minimum atomic E-state index is -0.247. The van der Waals surface area contributed by atoms with Gasteiger partial charge in [-0.25, -0.2) is 19.3 Å². The van der Waals surface area contributed by atoms with Gasteiger partial charge in [-0.15, -0.1) is 0 Å². The Balaban J connectivity index is 1.69. The van der Waals surface area contributed by atoms with Gasteiger partial charge in [0.05, 0.1) is 0 Å². The number of fused-ring (bicyclic) bond motifs is 1. The van der Waals surface area contributed by atoms with Crippen LogP contribution in [0.5, 0.6) is 0 Å². The van der Waals surface area contributed by atoms with Crippen LogP contribution >= 0.6 is 0 Å². The summed E-state index contributed by atoms with van der Waals surface area (Å²) in [6.45, 7) is 4.94. The molecular weight excluding hydrogens is 244 g/mol. The van der Waals surface area contributed by atoms with Gasteiger partial charge >= 0.3 is 5.69 Å². The molecule has 3 heterocycles. The molecule has 1 aliphatic heterocycles. The van der Waals surface area contributed by atoms with Crippen LogP contribution in [-0.4, -0.2) is 39.2 Å². The van der Waals surface area contributed by atoms with Gasteiger partial charge in [0.1, 0.15) is 11.6 Å². The summed E-state index contributed by atoms with van der Waals surface area (Å²) in [5, 5.41) is 13.1. The van der Waals surface area contributed by atoms with E-state index in [1.54, 1.807) is 13.0 Å². The van der Waals surface area contributed by atoms with E-state index in [0.717, 1.165) is 37.8 Å². The summed E-state index contributed by atoms with van der Waals surface area (Å²) in [5.74, 6) is 2.17. The molecule has 7 nitrogen and oxygen atoms in total. The molecule has 19 heavy (non-hydrogen) atoms. The fourth-order valence-corrected chi connectivity index (χ4v) is 2.55. The van der Waals surface area contributed by atoms with Crippen molar-refractivity contribution in [3.05, 3.63) is 22.4 Å². The van der Waals surface area contributed by atoms with Gasteiger partial charge < -0.3 is 10.6 Å². The smallest absolute Gasteiger partial charge is 0.349 e. The summed E-state index contributed by atoms with van der Waals surface area (Å²) in [6.07, 6.45) is 2.38. The third-order valence-corrected chi connectivity index (χ3v) is 3.59. The molecule has 0 bridgehead atoms. The molecule has 3 rings (SSSR count). The highest BCUT2D eigenvalue weighted by molar-refractivity contribution is 5.49. The Labute approximate surface area is 110 Å². The van der Waals surface area contributed by atoms with Crippen molar-refractivity contribution in [2.75, 3.05) is 25.0 Å². The molecule has 0 aliphatic carbocycles. The van der Waals surface area contributed by atoms with E-state index in [1.165, 1.54) is 10.8 Å². The zero-order valence-corrected chi connectivity index (χ0v) is 10.9. The van der Waals surface area contributed by atoms with E-state index in [9.17, 15) is 4.79 Å². The number of nitrogens with one attached hydrogen (secondary N) is 3. The highest BCUT2D eigenvalue weighted by Gasteiger charge is 2.13. The first-order chi connectivity index (χ1) is 9.24. The van der Waals surface area contributed by atoms with E-state index in [1.807, 2.05) is 0 Å². The van der Waals surface area contributed by atoms with Crippen LogP contribution in [0.25, 0.3) is 5.65 Å². The fraction of sp³-hybridized carbons (Fsp3) is 0.583. The fourth-order valence-electron chi connectivity index (χ4n) is 2.55. The van der Waals surface area contributed by atoms with Gasteiger partial charge in [-0.05, 0) is 38.8 Å². The third kappa shape index (κ3) is 2.46. The predicted molar refractivity (Wildman–Crippen MR) is 72.4 cm³/mol. The SMILES string of the molecule is Cc1nc(NCCC2CCNC2)cc2n[nH]c(=O)n12. The quantitative estimate of drug-likeness (QED) is 0.729. The van der Waals surface area contributed by atoms with E-state index in [4.69, 9.17) is 0 Å². The summed E-state index contributed by atoms with van der Waals surface area (Å²) < 4.78 is 1.46. The van der Waals surface area contributed by atoms with Gasteiger partial charge in [0.2, 0.25) is 0 Å². The lowest BCUT2D eigenvalue weighted by Gasteiger charge is -2.10. The predicted octanol–water partition coefficient (Wildman–Crippen LogP) is 0.138. The average molecular weight is 262 g/mol. The number of hydrogen-bond donors (Lipinski definition) is 3. The van der Waals surface area contributed by atoms with Crippen molar-refractivity contribution in [3.63, 3.8) is 0 Å². The van der Waals surface area contributed by atoms with Crippen LogP contribution in [0.2, 0.25) is 0 Å². The van der Waals surface area contributed by atoms with Crippen molar-refractivity contribution in [2.45, 2.75) is 19.8 Å². The van der Waals surface area contributed by atoms with Crippen molar-refractivity contribution in [1.82, 2.24) is 24.9 Å². The van der Waals surface area contributed by atoms with E-state index in [0.29, 0.717) is 11.5 Å². The first-order valence-electron chi connectivity index (χ1n) is 6.63. The molecule has 1 fully saturated rings. The molecule has 102 valence electrons. The third-order valence-electron chi connectivity index (χ3n) is 3.59. The number of hydrogen-bond acceptors (Lipinski definition) is 5. The Kier molecular flexibility index (Phi) is 3.20. The molecule has 1 atom stereocenters. The van der Waals surface area contributed by atoms with Crippen LogP contribution in [-0.2, 0) is 0 Å². The highest BCUT2D eigenvalue weighted by atomic mass is 16.1. The number of H-pyrrole nitrogens is 1. The molecule has 1 unspecified atom stereocenters. The molecule has 2 aromatic heterocycles. The van der Waals surface area contributed by atoms with Gasteiger partial charge in [-0.3, -0.25) is 0 Å². The molecule has 0 radical (unpaired) electrons. The van der Waals surface area contributed by atoms with Gasteiger partial charge in [-0.1, -0.05) is 0 Å². The lowest BCUT2D eigenvalue weighted by Crippen LogP contribution is -2.16. The van der Waals surface area contributed by atoms with Crippen LogP contribution in [0.15, 0.2) is 10.9 Å². The van der Waals surface area contributed by atoms with E-state index in [-0.39, 0.29) is 5.69 Å². The number of nitrogens with zero attached hydrogens (tertiary/aromatic N) is 3. The minimum Gasteiger partial charge on any atom is -0.370 e. The Hall–Kier alpha value is -1.89. The Bertz CT molecular complexity index is 625. The largest absolute Gasteiger partial charge is 0.370 e. The second-order valence-corrected chi connectivity index (χ2v) is 4.99. The minimum absolute atomic E-state index is 0.247. The highest BCUT2D eigenvalue weighted by Crippen LogP contribution is 2.13. The molecule has 0 saturated carbocycles. The van der Waals surface area contributed by atoms with Crippen LogP contribution in [0, 0.1) is 12.8 Å². The summed E-state index contributed by atoms with van der Waals surface area (Å²) in [4.78, 5) is 15.9. The van der Waals surface area contributed by atoms with Crippen molar-refractivity contribution < 1.29 is 0 Å². The lowest BCUT2D eigenvalue weighted by atomic mass is 10.1. The average Bonchev–Trinajstić information content (AvgIpc) is 3.00. The van der Waals surface area contributed by atoms with Gasteiger partial charge in [0, 0.05) is 12.6 Å². The van der Waals surface area contributed by atoms with Gasteiger partial charge in [0.25, 0.3) is 0 Å². The molecule has 0 amide bonds. The first-order valence-corrected chi connectivity index (χ1v) is 6.63. The zero-order chi connectivity index (χ0) is 13.2. The maximum Gasteiger partial charge on any atom is 0.349 e. The van der Waals surface area contributed by atoms with Crippen LogP contribution in [0.3, 0.4) is 0 Å².